The molecule has 14 heteroatoms. The summed E-state index contributed by atoms with van der Waals surface area (Å²) in [5.74, 6) is 0. The van der Waals surface area contributed by atoms with E-state index in [1.165, 1.54) is 0 Å². The van der Waals surface area contributed by atoms with Crippen molar-refractivity contribution < 1.29 is 26.6 Å². The van der Waals surface area contributed by atoms with Gasteiger partial charge in [0, 0.05) is 42.7 Å². The average Bonchev–Trinajstić information content (AvgIpc) is 3.75. The van der Waals surface area contributed by atoms with E-state index in [-0.39, 0.29) is 10.5 Å². The molecule has 4 aromatic rings. The zero-order chi connectivity index (χ0) is 32.4. The van der Waals surface area contributed by atoms with Crippen molar-refractivity contribution in [2.45, 2.75) is 20.6 Å². The molecule has 46 heavy (non-hydrogen) atoms. The SMILES string of the molecule is CO[Si](OC)(OC)C1(c2nc3ccccc3s2)C=CC=CC1SSC1C=CC=CC1(c1nc2ccccc2s1)[Si](OC)(OC)OC. The van der Waals surface area contributed by atoms with Crippen molar-refractivity contribution in [2.75, 3.05) is 42.7 Å². The number of nitrogens with zero attached hydrogens (tertiary/aromatic N) is 2. The van der Waals surface area contributed by atoms with E-state index in [1.807, 2.05) is 48.6 Å². The van der Waals surface area contributed by atoms with E-state index in [1.54, 1.807) is 86.9 Å². The van der Waals surface area contributed by atoms with Crippen LogP contribution in [0.3, 0.4) is 0 Å². The molecule has 0 bridgehead atoms. The number of hydrogen-bond acceptors (Lipinski definition) is 12. The molecule has 2 aromatic carbocycles. The van der Waals surface area contributed by atoms with E-state index in [0.29, 0.717) is 0 Å². The highest BCUT2D eigenvalue weighted by Gasteiger charge is 2.68. The van der Waals surface area contributed by atoms with E-state index in [0.717, 1.165) is 30.4 Å². The molecule has 2 aliphatic carbocycles. The highest BCUT2D eigenvalue weighted by atomic mass is 33.1. The maximum atomic E-state index is 6.27. The molecule has 0 fully saturated rings. The molecule has 0 radical (unpaired) electrons. The lowest BCUT2D eigenvalue weighted by molar-refractivity contribution is 0.0996. The largest absolute Gasteiger partial charge is 0.519 e. The zero-order valence-corrected chi connectivity index (χ0v) is 31.6. The Bertz CT molecular complexity index is 1590. The normalized spacial score (nSPS) is 24.8. The Labute approximate surface area is 287 Å². The predicted molar refractivity (Wildman–Crippen MR) is 195 cm³/mol. The van der Waals surface area contributed by atoms with Crippen LogP contribution >= 0.6 is 44.3 Å². The molecule has 0 saturated heterocycles. The molecule has 2 aromatic heterocycles. The highest BCUT2D eigenvalue weighted by molar-refractivity contribution is 8.77. The van der Waals surface area contributed by atoms with E-state index in [2.05, 4.69) is 48.6 Å². The summed E-state index contributed by atoms with van der Waals surface area (Å²) < 4.78 is 39.8. The highest BCUT2D eigenvalue weighted by Crippen LogP contribution is 2.56. The monoisotopic (exact) mass is 728 g/mol. The fourth-order valence-corrected chi connectivity index (χ4v) is 19.9. The van der Waals surface area contributed by atoms with Crippen LogP contribution in [-0.2, 0) is 36.6 Å². The first-order valence-corrected chi connectivity index (χ1v) is 21.9. The first-order valence-electron chi connectivity index (χ1n) is 14.5. The lowest BCUT2D eigenvalue weighted by Gasteiger charge is -2.47. The Morgan fingerprint density at radius 3 is 1.28 bits per heavy atom. The maximum Gasteiger partial charge on any atom is 0.519 e. The van der Waals surface area contributed by atoms with Gasteiger partial charge in [-0.3, -0.25) is 0 Å². The van der Waals surface area contributed by atoms with Crippen LogP contribution < -0.4 is 0 Å². The Kier molecular flexibility index (Phi) is 10.3. The summed E-state index contributed by atoms with van der Waals surface area (Å²) in [5.41, 5.74) is 1.86. The summed E-state index contributed by atoms with van der Waals surface area (Å²) in [5, 5.41) is -0.207. The van der Waals surface area contributed by atoms with Gasteiger partial charge in [0.2, 0.25) is 0 Å². The van der Waals surface area contributed by atoms with Crippen molar-refractivity contribution in [1.29, 1.82) is 0 Å². The number of aromatic nitrogens is 2. The van der Waals surface area contributed by atoms with Crippen molar-refractivity contribution >= 4 is 82.3 Å². The fraction of sp³-hybridized carbons (Fsp3) is 0.312. The quantitative estimate of drug-likeness (QED) is 0.104. The Balaban J connectivity index is 1.47. The number of thiazole rings is 2. The van der Waals surface area contributed by atoms with Gasteiger partial charge in [0.1, 0.15) is 20.1 Å². The molecule has 8 nitrogen and oxygen atoms in total. The second-order valence-corrected chi connectivity index (χ2v) is 21.5. The van der Waals surface area contributed by atoms with Gasteiger partial charge in [-0.2, -0.15) is 0 Å². The summed E-state index contributed by atoms with van der Waals surface area (Å²) in [6.07, 6.45) is 16.9. The van der Waals surface area contributed by atoms with Crippen molar-refractivity contribution in [3.05, 3.63) is 107 Å². The van der Waals surface area contributed by atoms with E-state index in [9.17, 15) is 0 Å². The molecule has 2 aliphatic rings. The van der Waals surface area contributed by atoms with Crippen molar-refractivity contribution in [2.24, 2.45) is 0 Å². The minimum Gasteiger partial charge on any atom is -0.376 e. The second-order valence-electron chi connectivity index (χ2n) is 10.6. The summed E-state index contributed by atoms with van der Waals surface area (Å²) in [6, 6.07) is 16.3. The van der Waals surface area contributed by atoms with Gasteiger partial charge in [0.25, 0.3) is 0 Å². The molecular formula is C32H36N2O6S4Si2. The summed E-state index contributed by atoms with van der Waals surface area (Å²) in [6.45, 7) is 0. The number of allylic oxidation sites excluding steroid dienone is 6. The fourth-order valence-electron chi connectivity index (χ4n) is 6.39. The Morgan fingerprint density at radius 1 is 0.565 bits per heavy atom. The Hall–Kier alpha value is -1.93. The zero-order valence-electron chi connectivity index (χ0n) is 26.4. The minimum absolute atomic E-state index is 0.175. The minimum atomic E-state index is -3.43. The lowest BCUT2D eigenvalue weighted by atomic mass is 9.99. The van der Waals surface area contributed by atoms with Gasteiger partial charge >= 0.3 is 17.6 Å². The molecule has 4 atom stereocenters. The number of rotatable bonds is 13. The molecular weight excluding hydrogens is 693 g/mol. The summed E-state index contributed by atoms with van der Waals surface area (Å²) in [7, 11) is 6.58. The summed E-state index contributed by atoms with van der Waals surface area (Å²) >= 11 is 3.29. The van der Waals surface area contributed by atoms with E-state index in [4.69, 9.17) is 36.5 Å². The molecule has 6 rings (SSSR count). The molecule has 0 spiro atoms. The first-order chi connectivity index (χ1) is 22.4. The molecule has 0 aliphatic heterocycles. The number of benzene rings is 2. The van der Waals surface area contributed by atoms with Gasteiger partial charge < -0.3 is 26.6 Å². The average molecular weight is 729 g/mol. The van der Waals surface area contributed by atoms with Crippen LogP contribution in [-0.4, -0.2) is 80.7 Å². The van der Waals surface area contributed by atoms with Crippen LogP contribution in [0.5, 0.6) is 0 Å². The number of hydrogen-bond donors (Lipinski definition) is 0. The maximum absolute atomic E-state index is 6.27. The van der Waals surface area contributed by atoms with Crippen LogP contribution in [0.25, 0.3) is 20.4 Å². The third-order valence-corrected chi connectivity index (χ3v) is 21.6. The molecule has 4 unspecified atom stereocenters. The number of para-hydroxylation sites is 2. The smallest absolute Gasteiger partial charge is 0.376 e. The topological polar surface area (TPSA) is 81.2 Å². The van der Waals surface area contributed by atoms with Crippen LogP contribution in [0.1, 0.15) is 10.0 Å². The molecule has 242 valence electrons. The summed E-state index contributed by atoms with van der Waals surface area (Å²) in [4.78, 5) is 10.3. The van der Waals surface area contributed by atoms with E-state index >= 15 is 0 Å². The third-order valence-electron chi connectivity index (χ3n) is 8.59. The standard InChI is InChI=1S/C32H36N2O6S4Si2/c1-35-45(36-2,37-3)31(29-33-23-15-7-9-17-25(23)41-29)21-13-11-19-27(31)43-44-28-20-12-14-22-32(28,46(38-4,39-5)40-6)30-34-24-16-8-10-18-26(24)42-30/h7-22,27-28H,1-6H3. The van der Waals surface area contributed by atoms with Crippen LogP contribution in [0.15, 0.2) is 97.1 Å². The van der Waals surface area contributed by atoms with E-state index < -0.39 is 27.7 Å². The second kappa shape index (κ2) is 13.9. The molecule has 0 saturated carbocycles. The third kappa shape index (κ3) is 5.18. The number of fused-ring (bicyclic) bond motifs is 2. The van der Waals surface area contributed by atoms with Gasteiger partial charge in [-0.05, 0) is 24.3 Å². The van der Waals surface area contributed by atoms with Crippen LogP contribution in [0, 0.1) is 0 Å². The van der Waals surface area contributed by atoms with Gasteiger partial charge in [0.15, 0.2) is 0 Å². The lowest BCUT2D eigenvalue weighted by Crippen LogP contribution is -2.66. The Morgan fingerprint density at radius 2 is 0.935 bits per heavy atom. The molecule has 0 amide bonds. The van der Waals surface area contributed by atoms with Gasteiger partial charge in [-0.15, -0.1) is 22.7 Å². The van der Waals surface area contributed by atoms with Crippen molar-refractivity contribution in [3.8, 4) is 0 Å². The van der Waals surface area contributed by atoms with Crippen molar-refractivity contribution in [3.63, 3.8) is 0 Å². The molecule has 2 heterocycles. The van der Waals surface area contributed by atoms with Gasteiger partial charge in [0.05, 0.1) is 30.9 Å². The van der Waals surface area contributed by atoms with Crippen LogP contribution in [0.4, 0.5) is 0 Å². The van der Waals surface area contributed by atoms with Crippen LogP contribution in [0.2, 0.25) is 0 Å². The first kappa shape index (κ1) is 34.0. The van der Waals surface area contributed by atoms with Crippen molar-refractivity contribution in [1.82, 2.24) is 9.97 Å². The van der Waals surface area contributed by atoms with Gasteiger partial charge in [-0.1, -0.05) is 94.5 Å². The van der Waals surface area contributed by atoms with Gasteiger partial charge in [-0.25, -0.2) is 9.97 Å². The molecule has 0 N–H and O–H groups in total. The predicted octanol–water partition coefficient (Wildman–Crippen LogP) is 7.29.